The van der Waals surface area contributed by atoms with Gasteiger partial charge in [0.05, 0.1) is 0 Å². The van der Waals surface area contributed by atoms with Gasteiger partial charge in [0.1, 0.15) is 0 Å². The van der Waals surface area contributed by atoms with Crippen LogP contribution in [0.2, 0.25) is 0 Å². The van der Waals surface area contributed by atoms with Gasteiger partial charge in [0, 0.05) is 16.6 Å². The molecule has 0 saturated heterocycles. The molecule has 0 aromatic carbocycles. The smallest absolute Gasteiger partial charge is 0.0471 e. The van der Waals surface area contributed by atoms with E-state index in [-0.39, 0.29) is 6.04 Å². The van der Waals surface area contributed by atoms with Gasteiger partial charge in [0.2, 0.25) is 0 Å². The lowest BCUT2D eigenvalue weighted by molar-refractivity contribution is 0.841. The van der Waals surface area contributed by atoms with Gasteiger partial charge in [-0.3, -0.25) is 0 Å². The molecule has 9 heavy (non-hydrogen) atoms. The molecule has 0 saturated carbocycles. The first-order valence-electron chi connectivity index (χ1n) is 2.80. The third-order valence-electron chi connectivity index (χ3n) is 1.14. The monoisotopic (exact) mass is 142 g/mol. The fraction of sp³-hybridized carbons (Fsp3) is 0.333. The molecule has 0 spiro atoms. The molecular formula is C6H10N2S. The molecule has 4 N–H and O–H groups in total. The highest BCUT2D eigenvalue weighted by Gasteiger charge is 2.03. The van der Waals surface area contributed by atoms with Gasteiger partial charge >= 0.3 is 0 Å². The summed E-state index contributed by atoms with van der Waals surface area (Å²) in [5.41, 5.74) is 12.0. The van der Waals surface area contributed by atoms with Crippen LogP contribution in [-0.2, 0) is 0 Å². The van der Waals surface area contributed by atoms with Crippen molar-refractivity contribution in [3.8, 4) is 0 Å². The Hall–Kier alpha value is -0.540. The highest BCUT2D eigenvalue weighted by atomic mass is 32.1. The molecule has 0 aliphatic carbocycles. The minimum atomic E-state index is 0.0741. The number of rotatable bonds is 1. The summed E-state index contributed by atoms with van der Waals surface area (Å²) in [6, 6.07) is 1.95. The van der Waals surface area contributed by atoms with Crippen LogP contribution in [0.1, 0.15) is 17.8 Å². The normalized spacial score (nSPS) is 13.6. The summed E-state index contributed by atoms with van der Waals surface area (Å²) in [6.07, 6.45) is 0. The van der Waals surface area contributed by atoms with Crippen LogP contribution in [0.5, 0.6) is 0 Å². The molecular weight excluding hydrogens is 132 g/mol. The van der Waals surface area contributed by atoms with E-state index in [0.717, 1.165) is 10.6 Å². The topological polar surface area (TPSA) is 52.0 Å². The van der Waals surface area contributed by atoms with Crippen molar-refractivity contribution in [3.63, 3.8) is 0 Å². The Labute approximate surface area is 58.5 Å². The molecule has 0 radical (unpaired) electrons. The molecule has 0 amide bonds. The van der Waals surface area contributed by atoms with Crippen molar-refractivity contribution in [1.82, 2.24) is 0 Å². The van der Waals surface area contributed by atoms with Gasteiger partial charge in [0.15, 0.2) is 0 Å². The Morgan fingerprint density at radius 3 is 2.56 bits per heavy atom. The first kappa shape index (κ1) is 6.58. The van der Waals surface area contributed by atoms with Crippen molar-refractivity contribution >= 4 is 17.0 Å². The van der Waals surface area contributed by atoms with Gasteiger partial charge in [0.25, 0.3) is 0 Å². The fourth-order valence-corrected chi connectivity index (χ4v) is 1.48. The lowest BCUT2D eigenvalue weighted by Gasteiger charge is -2.00. The van der Waals surface area contributed by atoms with Crippen LogP contribution in [0, 0.1) is 0 Å². The van der Waals surface area contributed by atoms with E-state index in [2.05, 4.69) is 0 Å². The van der Waals surface area contributed by atoms with Crippen LogP contribution in [0.3, 0.4) is 0 Å². The Morgan fingerprint density at radius 2 is 2.33 bits per heavy atom. The lowest BCUT2D eigenvalue weighted by Crippen LogP contribution is -2.04. The number of hydrogen-bond donors (Lipinski definition) is 2. The van der Waals surface area contributed by atoms with Crippen molar-refractivity contribution in [2.24, 2.45) is 5.73 Å². The van der Waals surface area contributed by atoms with Crippen molar-refractivity contribution < 1.29 is 0 Å². The number of anilines is 1. The van der Waals surface area contributed by atoms with E-state index in [0.29, 0.717) is 0 Å². The maximum atomic E-state index is 5.59. The third kappa shape index (κ3) is 1.23. The van der Waals surface area contributed by atoms with Crippen molar-refractivity contribution in [1.29, 1.82) is 0 Å². The number of hydrogen-bond acceptors (Lipinski definition) is 3. The summed E-state index contributed by atoms with van der Waals surface area (Å²) < 4.78 is 0. The van der Waals surface area contributed by atoms with Gasteiger partial charge in [-0.1, -0.05) is 0 Å². The van der Waals surface area contributed by atoms with Gasteiger partial charge in [-0.2, -0.15) is 0 Å². The summed E-state index contributed by atoms with van der Waals surface area (Å²) in [5.74, 6) is 0. The van der Waals surface area contributed by atoms with Gasteiger partial charge in [-0.25, -0.2) is 0 Å². The maximum absolute atomic E-state index is 5.59. The number of thiophene rings is 1. The van der Waals surface area contributed by atoms with Crippen molar-refractivity contribution in [2.75, 3.05) is 5.73 Å². The highest BCUT2D eigenvalue weighted by Crippen LogP contribution is 2.23. The van der Waals surface area contributed by atoms with E-state index in [9.17, 15) is 0 Å². The first-order valence-corrected chi connectivity index (χ1v) is 3.68. The molecule has 1 aromatic rings. The Bertz CT molecular complexity index is 193. The van der Waals surface area contributed by atoms with Crippen LogP contribution >= 0.6 is 11.3 Å². The maximum Gasteiger partial charge on any atom is 0.0471 e. The molecule has 1 atom stereocenters. The SMILES string of the molecule is C[C@H](N)c1sccc1N. The van der Waals surface area contributed by atoms with Crippen LogP contribution in [-0.4, -0.2) is 0 Å². The molecule has 3 heteroatoms. The minimum absolute atomic E-state index is 0.0741. The second kappa shape index (κ2) is 2.37. The third-order valence-corrected chi connectivity index (χ3v) is 2.27. The number of nitrogens with two attached hydrogens (primary N) is 2. The van der Waals surface area contributed by atoms with Gasteiger partial charge < -0.3 is 11.5 Å². The predicted octanol–water partition coefficient (Wildman–Crippen LogP) is 1.35. The molecule has 1 rings (SSSR count). The fourth-order valence-electron chi connectivity index (χ4n) is 0.701. The van der Waals surface area contributed by atoms with Crippen LogP contribution < -0.4 is 11.5 Å². The zero-order valence-corrected chi connectivity index (χ0v) is 6.11. The minimum Gasteiger partial charge on any atom is -0.398 e. The molecule has 1 aromatic heterocycles. The average Bonchev–Trinajstić information content (AvgIpc) is 2.13. The molecule has 1 heterocycles. The molecule has 0 fully saturated rings. The highest BCUT2D eigenvalue weighted by molar-refractivity contribution is 7.10. The van der Waals surface area contributed by atoms with Crippen molar-refractivity contribution in [2.45, 2.75) is 13.0 Å². The van der Waals surface area contributed by atoms with Crippen LogP contribution in [0.15, 0.2) is 11.4 Å². The standard InChI is InChI=1S/C6H10N2S/c1-4(7)6-5(8)2-3-9-6/h2-4H,7-8H2,1H3/t4-/m0/s1. The second-order valence-corrected chi connectivity index (χ2v) is 2.98. The van der Waals surface area contributed by atoms with E-state index in [1.54, 1.807) is 11.3 Å². The van der Waals surface area contributed by atoms with E-state index in [4.69, 9.17) is 11.5 Å². The van der Waals surface area contributed by atoms with E-state index < -0.39 is 0 Å². The summed E-state index contributed by atoms with van der Waals surface area (Å²) >= 11 is 1.61. The average molecular weight is 142 g/mol. The molecule has 0 bridgehead atoms. The summed E-state index contributed by atoms with van der Waals surface area (Å²) in [5, 5.41) is 1.95. The zero-order chi connectivity index (χ0) is 6.85. The second-order valence-electron chi connectivity index (χ2n) is 2.03. The van der Waals surface area contributed by atoms with Crippen molar-refractivity contribution in [3.05, 3.63) is 16.3 Å². The zero-order valence-electron chi connectivity index (χ0n) is 5.29. The quantitative estimate of drug-likeness (QED) is 0.622. The van der Waals surface area contributed by atoms with Crippen LogP contribution in [0.25, 0.3) is 0 Å². The molecule has 50 valence electrons. The van der Waals surface area contributed by atoms with Gasteiger partial charge in [-0.15, -0.1) is 11.3 Å². The van der Waals surface area contributed by atoms with E-state index in [1.807, 2.05) is 18.4 Å². The Balaban J connectivity index is 2.94. The van der Waals surface area contributed by atoms with E-state index >= 15 is 0 Å². The van der Waals surface area contributed by atoms with Gasteiger partial charge in [-0.05, 0) is 18.4 Å². The Kier molecular flexibility index (Phi) is 1.73. The molecule has 0 unspecified atom stereocenters. The van der Waals surface area contributed by atoms with E-state index in [1.165, 1.54) is 0 Å². The summed E-state index contributed by atoms with van der Waals surface area (Å²) in [4.78, 5) is 1.08. The molecule has 2 nitrogen and oxygen atoms in total. The lowest BCUT2D eigenvalue weighted by atomic mass is 10.3. The molecule has 0 aliphatic heterocycles. The largest absolute Gasteiger partial charge is 0.398 e. The Morgan fingerprint density at radius 1 is 1.67 bits per heavy atom. The predicted molar refractivity (Wildman–Crippen MR) is 41.3 cm³/mol. The summed E-state index contributed by atoms with van der Waals surface area (Å²) in [7, 11) is 0. The number of nitrogen functional groups attached to an aromatic ring is 1. The summed E-state index contributed by atoms with van der Waals surface area (Å²) in [6.45, 7) is 1.93. The van der Waals surface area contributed by atoms with Crippen LogP contribution in [0.4, 0.5) is 5.69 Å². The molecule has 0 aliphatic rings. The first-order chi connectivity index (χ1) is 4.22.